The van der Waals surface area contributed by atoms with Gasteiger partial charge >= 0.3 is 0 Å². The average molecular weight is 262 g/mol. The first-order valence-electron chi connectivity index (χ1n) is 6.06. The van der Waals surface area contributed by atoms with Crippen molar-refractivity contribution in [2.45, 2.75) is 39.7 Å². The van der Waals surface area contributed by atoms with Crippen molar-refractivity contribution >= 4 is 17.3 Å². The Bertz CT molecular complexity index is 504. The van der Waals surface area contributed by atoms with Crippen LogP contribution in [0.15, 0.2) is 17.8 Å². The van der Waals surface area contributed by atoms with Crippen LogP contribution in [0.4, 0.5) is 5.95 Å². The molecule has 0 radical (unpaired) electrons. The molecule has 2 aromatic rings. The Balaban J connectivity index is 2.06. The molecule has 0 bridgehead atoms. The summed E-state index contributed by atoms with van der Waals surface area (Å²) in [6.07, 6.45) is 3.62. The van der Waals surface area contributed by atoms with E-state index in [1.54, 1.807) is 11.3 Å². The van der Waals surface area contributed by atoms with Crippen LogP contribution < -0.4 is 5.32 Å². The third-order valence-electron chi connectivity index (χ3n) is 2.60. The Hall–Kier alpha value is -1.49. The van der Waals surface area contributed by atoms with Gasteiger partial charge in [0.1, 0.15) is 0 Å². The molecule has 2 aromatic heterocycles. The highest BCUT2D eigenvalue weighted by atomic mass is 32.1. The zero-order valence-electron chi connectivity index (χ0n) is 11.1. The van der Waals surface area contributed by atoms with Gasteiger partial charge in [0.25, 0.3) is 0 Å². The molecule has 1 N–H and O–H groups in total. The largest absolute Gasteiger partial charge is 0.346 e. The Morgan fingerprint density at radius 1 is 1.17 bits per heavy atom. The first-order valence-corrected chi connectivity index (χ1v) is 6.94. The summed E-state index contributed by atoms with van der Waals surface area (Å²) in [4.78, 5) is 13.1. The molecule has 0 aromatic carbocycles. The van der Waals surface area contributed by atoms with Crippen LogP contribution in [0.25, 0.3) is 0 Å². The van der Waals surface area contributed by atoms with Crippen LogP contribution >= 0.6 is 11.3 Å². The Morgan fingerprint density at radius 3 is 2.39 bits per heavy atom. The van der Waals surface area contributed by atoms with Crippen molar-refractivity contribution in [2.24, 2.45) is 0 Å². The summed E-state index contributed by atoms with van der Waals surface area (Å²) in [6, 6.07) is 0.122. The van der Waals surface area contributed by atoms with Gasteiger partial charge in [0.05, 0.1) is 16.7 Å². The van der Waals surface area contributed by atoms with Crippen molar-refractivity contribution in [3.63, 3.8) is 0 Å². The number of anilines is 1. The molecule has 0 aliphatic carbocycles. The first kappa shape index (κ1) is 13.0. The topological polar surface area (TPSA) is 50.7 Å². The molecule has 0 saturated carbocycles. The van der Waals surface area contributed by atoms with Gasteiger partial charge in [-0.25, -0.2) is 15.0 Å². The van der Waals surface area contributed by atoms with E-state index >= 15 is 0 Å². The summed E-state index contributed by atoms with van der Waals surface area (Å²) in [5, 5.41) is 6.53. The number of hydrogen-bond acceptors (Lipinski definition) is 5. The van der Waals surface area contributed by atoms with E-state index in [4.69, 9.17) is 0 Å². The molecule has 5 heteroatoms. The van der Waals surface area contributed by atoms with Crippen LogP contribution in [0, 0.1) is 6.92 Å². The molecule has 0 fully saturated rings. The summed E-state index contributed by atoms with van der Waals surface area (Å²) in [5.74, 6) is 1.12. The van der Waals surface area contributed by atoms with Crippen LogP contribution in [-0.2, 0) is 0 Å². The van der Waals surface area contributed by atoms with Gasteiger partial charge in [-0.1, -0.05) is 13.8 Å². The lowest BCUT2D eigenvalue weighted by atomic mass is 10.2. The van der Waals surface area contributed by atoms with E-state index in [0.717, 1.165) is 11.3 Å². The molecule has 2 heterocycles. The van der Waals surface area contributed by atoms with E-state index in [9.17, 15) is 0 Å². The van der Waals surface area contributed by atoms with Crippen molar-refractivity contribution in [1.82, 2.24) is 15.0 Å². The molecule has 1 atom stereocenters. The highest BCUT2D eigenvalue weighted by Gasteiger charge is 2.12. The van der Waals surface area contributed by atoms with E-state index in [0.29, 0.717) is 11.9 Å². The van der Waals surface area contributed by atoms with Gasteiger partial charge < -0.3 is 5.32 Å². The Labute approximate surface area is 112 Å². The van der Waals surface area contributed by atoms with E-state index in [2.05, 4.69) is 46.4 Å². The number of rotatable bonds is 4. The van der Waals surface area contributed by atoms with Crippen molar-refractivity contribution in [3.8, 4) is 0 Å². The Morgan fingerprint density at radius 2 is 1.83 bits per heavy atom. The van der Waals surface area contributed by atoms with Gasteiger partial charge in [0, 0.05) is 23.7 Å². The lowest BCUT2D eigenvalue weighted by Crippen LogP contribution is -2.09. The highest BCUT2D eigenvalue weighted by molar-refractivity contribution is 7.09. The van der Waals surface area contributed by atoms with Crippen molar-refractivity contribution in [2.75, 3.05) is 5.32 Å². The van der Waals surface area contributed by atoms with Gasteiger partial charge in [-0.05, 0) is 19.4 Å². The minimum absolute atomic E-state index is 0.122. The predicted molar refractivity (Wildman–Crippen MR) is 75.0 cm³/mol. The summed E-state index contributed by atoms with van der Waals surface area (Å²) >= 11 is 1.71. The second kappa shape index (κ2) is 5.44. The van der Waals surface area contributed by atoms with Crippen molar-refractivity contribution in [3.05, 3.63) is 34.0 Å². The van der Waals surface area contributed by atoms with Crippen LogP contribution in [0.1, 0.15) is 49.0 Å². The summed E-state index contributed by atoms with van der Waals surface area (Å²) < 4.78 is 0. The average Bonchev–Trinajstić information content (AvgIpc) is 2.81. The molecule has 2 rings (SSSR count). The fourth-order valence-electron chi connectivity index (χ4n) is 1.50. The zero-order valence-corrected chi connectivity index (χ0v) is 12.0. The summed E-state index contributed by atoms with van der Waals surface area (Å²) in [6.45, 7) is 8.36. The second-order valence-electron chi connectivity index (χ2n) is 4.72. The van der Waals surface area contributed by atoms with Gasteiger partial charge in [-0.15, -0.1) is 11.3 Å². The molecule has 0 amide bonds. The molecular formula is C13H18N4S. The zero-order chi connectivity index (χ0) is 13.1. The number of aromatic nitrogens is 3. The van der Waals surface area contributed by atoms with Gasteiger partial charge in [0.15, 0.2) is 0 Å². The lowest BCUT2D eigenvalue weighted by molar-refractivity contribution is 0.793. The van der Waals surface area contributed by atoms with Crippen LogP contribution in [0.2, 0.25) is 0 Å². The van der Waals surface area contributed by atoms with E-state index in [-0.39, 0.29) is 6.04 Å². The monoisotopic (exact) mass is 262 g/mol. The minimum Gasteiger partial charge on any atom is -0.346 e. The van der Waals surface area contributed by atoms with Crippen molar-refractivity contribution in [1.29, 1.82) is 0 Å². The molecule has 0 aliphatic heterocycles. The maximum atomic E-state index is 4.62. The lowest BCUT2D eigenvalue weighted by Gasteiger charge is -2.11. The third kappa shape index (κ3) is 3.04. The summed E-state index contributed by atoms with van der Waals surface area (Å²) in [7, 11) is 0. The van der Waals surface area contributed by atoms with Crippen LogP contribution in [0.5, 0.6) is 0 Å². The predicted octanol–water partition coefficient (Wildman–Crippen LogP) is 3.54. The standard InChI is InChI=1S/C13H18N4S/c1-8(2)12-17-11(7-18-12)10(4)16-13-14-5-9(3)6-15-13/h5-8,10H,1-4H3,(H,14,15,16). The number of thiazole rings is 1. The highest BCUT2D eigenvalue weighted by Crippen LogP contribution is 2.24. The van der Waals surface area contributed by atoms with E-state index in [1.807, 2.05) is 19.3 Å². The number of hydrogen-bond donors (Lipinski definition) is 1. The first-order chi connectivity index (χ1) is 8.56. The Kier molecular flexibility index (Phi) is 3.91. The maximum absolute atomic E-state index is 4.62. The van der Waals surface area contributed by atoms with Crippen LogP contribution in [-0.4, -0.2) is 15.0 Å². The number of aryl methyl sites for hydroxylation is 1. The van der Waals surface area contributed by atoms with Gasteiger partial charge in [-0.2, -0.15) is 0 Å². The van der Waals surface area contributed by atoms with Gasteiger partial charge in [0.2, 0.25) is 5.95 Å². The normalized spacial score (nSPS) is 12.7. The molecular weight excluding hydrogens is 244 g/mol. The molecule has 0 saturated heterocycles. The fraction of sp³-hybridized carbons (Fsp3) is 0.462. The SMILES string of the molecule is Cc1cnc(NC(C)c2csc(C(C)C)n2)nc1. The van der Waals surface area contributed by atoms with Gasteiger partial charge in [-0.3, -0.25) is 0 Å². The second-order valence-corrected chi connectivity index (χ2v) is 5.61. The van der Waals surface area contributed by atoms with E-state index in [1.165, 1.54) is 5.01 Å². The molecule has 0 spiro atoms. The van der Waals surface area contributed by atoms with E-state index < -0.39 is 0 Å². The molecule has 0 aliphatic rings. The number of nitrogens with one attached hydrogen (secondary N) is 1. The fourth-order valence-corrected chi connectivity index (χ4v) is 2.43. The molecule has 1 unspecified atom stereocenters. The molecule has 4 nitrogen and oxygen atoms in total. The third-order valence-corrected chi connectivity index (χ3v) is 3.77. The quantitative estimate of drug-likeness (QED) is 0.915. The minimum atomic E-state index is 0.122. The van der Waals surface area contributed by atoms with Crippen LogP contribution in [0.3, 0.4) is 0 Å². The summed E-state index contributed by atoms with van der Waals surface area (Å²) in [5.41, 5.74) is 2.11. The maximum Gasteiger partial charge on any atom is 0.223 e. The molecule has 96 valence electrons. The van der Waals surface area contributed by atoms with Crippen molar-refractivity contribution < 1.29 is 0 Å². The smallest absolute Gasteiger partial charge is 0.223 e. The number of nitrogens with zero attached hydrogens (tertiary/aromatic N) is 3. The molecule has 18 heavy (non-hydrogen) atoms.